The highest BCUT2D eigenvalue weighted by atomic mass is 16.5. The van der Waals surface area contributed by atoms with Crippen LogP contribution in [-0.4, -0.2) is 32.6 Å². The van der Waals surface area contributed by atoms with E-state index < -0.39 is 11.8 Å². The minimum absolute atomic E-state index is 0.133. The van der Waals surface area contributed by atoms with Crippen molar-refractivity contribution in [2.24, 2.45) is 0 Å². The number of carbonyl (C=O) groups is 2. The van der Waals surface area contributed by atoms with Crippen LogP contribution in [-0.2, 0) is 4.79 Å². The summed E-state index contributed by atoms with van der Waals surface area (Å²) in [5, 5.41) is 2.43. The monoisotopic (exact) mass is 345 g/mol. The molecule has 0 radical (unpaired) electrons. The zero-order valence-corrected chi connectivity index (χ0v) is 13.9. The lowest BCUT2D eigenvalue weighted by molar-refractivity contribution is -0.120. The molecule has 0 bridgehead atoms. The summed E-state index contributed by atoms with van der Waals surface area (Å²) in [7, 11) is 3.08. The molecule has 2 aromatic rings. The smallest absolute Gasteiger partial charge is 0.287 e. The first kappa shape index (κ1) is 17.9. The normalized spacial score (nSPS) is 9.84. The second-order valence-electron chi connectivity index (χ2n) is 4.88. The minimum Gasteiger partial charge on any atom is -0.497 e. The Balaban J connectivity index is 1.85. The van der Waals surface area contributed by atoms with Crippen LogP contribution >= 0.6 is 0 Å². The molecule has 0 unspecified atom stereocenters. The number of rotatable bonds is 8. The van der Waals surface area contributed by atoms with Crippen molar-refractivity contribution >= 4 is 17.5 Å². The Labute approximate surface area is 144 Å². The zero-order chi connectivity index (χ0) is 18.2. The molecule has 25 heavy (non-hydrogen) atoms. The van der Waals surface area contributed by atoms with E-state index in [2.05, 4.69) is 22.7 Å². The van der Waals surface area contributed by atoms with E-state index in [-0.39, 0.29) is 12.3 Å². The Morgan fingerprint density at radius 1 is 1.16 bits per heavy atom. The van der Waals surface area contributed by atoms with Crippen LogP contribution in [0.1, 0.15) is 16.1 Å². The predicted molar refractivity (Wildman–Crippen MR) is 90.9 cm³/mol. The SMILES string of the molecule is C=C(NNC(=O)CNC(=O)c1ccco1)c1ccc(OC)cc1OC. The molecule has 8 heteroatoms. The molecule has 0 spiro atoms. The highest BCUT2D eigenvalue weighted by molar-refractivity contribution is 5.94. The van der Waals surface area contributed by atoms with Crippen LogP contribution in [0.5, 0.6) is 11.5 Å². The number of hydrazine groups is 1. The lowest BCUT2D eigenvalue weighted by Gasteiger charge is -2.15. The van der Waals surface area contributed by atoms with Gasteiger partial charge in [-0.3, -0.25) is 20.4 Å². The third-order valence-corrected chi connectivity index (χ3v) is 3.24. The summed E-state index contributed by atoms with van der Waals surface area (Å²) in [6.07, 6.45) is 1.38. The fraction of sp³-hybridized carbons (Fsp3) is 0.176. The molecule has 3 N–H and O–H groups in total. The van der Waals surface area contributed by atoms with Crippen LogP contribution < -0.4 is 25.6 Å². The largest absolute Gasteiger partial charge is 0.497 e. The van der Waals surface area contributed by atoms with Crippen molar-refractivity contribution in [2.75, 3.05) is 20.8 Å². The Hall–Kier alpha value is -3.42. The summed E-state index contributed by atoms with van der Waals surface area (Å²) in [5.74, 6) is 0.382. The van der Waals surface area contributed by atoms with Gasteiger partial charge in [0.2, 0.25) is 0 Å². The molecule has 132 valence electrons. The third-order valence-electron chi connectivity index (χ3n) is 3.24. The number of benzene rings is 1. The number of nitrogens with one attached hydrogen (secondary N) is 3. The van der Waals surface area contributed by atoms with E-state index in [9.17, 15) is 9.59 Å². The van der Waals surface area contributed by atoms with Crippen molar-refractivity contribution in [3.63, 3.8) is 0 Å². The van der Waals surface area contributed by atoms with Gasteiger partial charge in [-0.15, -0.1) is 0 Å². The maximum absolute atomic E-state index is 11.8. The maximum Gasteiger partial charge on any atom is 0.287 e. The zero-order valence-electron chi connectivity index (χ0n) is 13.9. The van der Waals surface area contributed by atoms with Crippen LogP contribution in [0, 0.1) is 0 Å². The highest BCUT2D eigenvalue weighted by Gasteiger charge is 2.12. The fourth-order valence-electron chi connectivity index (χ4n) is 1.96. The molecule has 0 aliphatic rings. The predicted octanol–water partition coefficient (Wildman–Crippen LogP) is 1.32. The van der Waals surface area contributed by atoms with Gasteiger partial charge in [0.15, 0.2) is 5.76 Å². The van der Waals surface area contributed by atoms with Crippen LogP contribution in [0.15, 0.2) is 47.6 Å². The third kappa shape index (κ3) is 4.77. The van der Waals surface area contributed by atoms with Gasteiger partial charge in [0.1, 0.15) is 11.5 Å². The number of carbonyl (C=O) groups excluding carboxylic acids is 2. The van der Waals surface area contributed by atoms with Crippen molar-refractivity contribution < 1.29 is 23.5 Å². The standard InChI is InChI=1S/C17H19N3O5/c1-11(13-7-6-12(23-2)9-15(13)24-3)19-20-16(21)10-18-17(22)14-5-4-8-25-14/h4-9,19H,1,10H2,2-3H3,(H,18,22)(H,20,21). The van der Waals surface area contributed by atoms with Crippen molar-refractivity contribution in [3.05, 3.63) is 54.5 Å². The first-order valence-corrected chi connectivity index (χ1v) is 7.33. The summed E-state index contributed by atoms with van der Waals surface area (Å²) in [5.41, 5.74) is 6.20. The molecule has 0 saturated carbocycles. The average Bonchev–Trinajstić information content (AvgIpc) is 3.18. The Morgan fingerprint density at radius 3 is 2.60 bits per heavy atom. The van der Waals surface area contributed by atoms with E-state index in [4.69, 9.17) is 13.9 Å². The summed E-state index contributed by atoms with van der Waals surface area (Å²) in [6.45, 7) is 3.63. The van der Waals surface area contributed by atoms with E-state index in [0.29, 0.717) is 22.8 Å². The fourth-order valence-corrected chi connectivity index (χ4v) is 1.96. The summed E-state index contributed by atoms with van der Waals surface area (Å²) < 4.78 is 15.3. The second-order valence-corrected chi connectivity index (χ2v) is 4.88. The number of ether oxygens (including phenoxy) is 2. The maximum atomic E-state index is 11.8. The van der Waals surface area contributed by atoms with Gasteiger partial charge < -0.3 is 19.2 Å². The molecule has 2 rings (SSSR count). The molecule has 1 aromatic heterocycles. The topological polar surface area (TPSA) is 102 Å². The first-order valence-electron chi connectivity index (χ1n) is 7.33. The van der Waals surface area contributed by atoms with Crippen LogP contribution in [0.2, 0.25) is 0 Å². The quantitative estimate of drug-likeness (QED) is 0.624. The van der Waals surface area contributed by atoms with Crippen LogP contribution in [0.3, 0.4) is 0 Å². The molecule has 0 aliphatic heterocycles. The number of hydrogen-bond acceptors (Lipinski definition) is 6. The van der Waals surface area contributed by atoms with E-state index in [1.165, 1.54) is 19.4 Å². The summed E-state index contributed by atoms with van der Waals surface area (Å²) >= 11 is 0. The van der Waals surface area contributed by atoms with Gasteiger partial charge in [0.25, 0.3) is 11.8 Å². The molecular formula is C17H19N3O5. The van der Waals surface area contributed by atoms with Gasteiger partial charge in [-0.25, -0.2) is 0 Å². The lowest BCUT2D eigenvalue weighted by Crippen LogP contribution is -2.42. The molecule has 0 aliphatic carbocycles. The van der Waals surface area contributed by atoms with Crippen molar-refractivity contribution in [3.8, 4) is 11.5 Å². The van der Waals surface area contributed by atoms with Crippen molar-refractivity contribution in [1.82, 2.24) is 16.2 Å². The average molecular weight is 345 g/mol. The molecule has 0 saturated heterocycles. The summed E-state index contributed by atoms with van der Waals surface area (Å²) in [6, 6.07) is 8.29. The molecule has 1 heterocycles. The Morgan fingerprint density at radius 2 is 1.96 bits per heavy atom. The molecular weight excluding hydrogens is 326 g/mol. The number of amides is 2. The van der Waals surface area contributed by atoms with E-state index in [1.807, 2.05) is 0 Å². The minimum atomic E-state index is -0.476. The van der Waals surface area contributed by atoms with Gasteiger partial charge in [-0.2, -0.15) is 0 Å². The van der Waals surface area contributed by atoms with Gasteiger partial charge >= 0.3 is 0 Å². The lowest BCUT2D eigenvalue weighted by atomic mass is 10.1. The van der Waals surface area contributed by atoms with Crippen LogP contribution in [0.4, 0.5) is 0 Å². The van der Waals surface area contributed by atoms with Gasteiger partial charge in [0.05, 0.1) is 32.7 Å². The van der Waals surface area contributed by atoms with Crippen molar-refractivity contribution in [2.45, 2.75) is 0 Å². The number of methoxy groups -OCH3 is 2. The summed E-state index contributed by atoms with van der Waals surface area (Å²) in [4.78, 5) is 23.5. The van der Waals surface area contributed by atoms with Crippen LogP contribution in [0.25, 0.3) is 5.70 Å². The highest BCUT2D eigenvalue weighted by Crippen LogP contribution is 2.27. The van der Waals surface area contributed by atoms with Gasteiger partial charge in [-0.05, 0) is 24.3 Å². The van der Waals surface area contributed by atoms with Crippen molar-refractivity contribution in [1.29, 1.82) is 0 Å². The first-order chi connectivity index (χ1) is 12.0. The number of hydrogen-bond donors (Lipinski definition) is 3. The molecule has 0 atom stereocenters. The van der Waals surface area contributed by atoms with E-state index in [0.717, 1.165) is 0 Å². The Bertz CT molecular complexity index is 756. The molecule has 0 fully saturated rings. The van der Waals surface area contributed by atoms with E-state index in [1.54, 1.807) is 31.4 Å². The number of furan rings is 1. The molecule has 2 amide bonds. The second kappa shape index (κ2) is 8.44. The molecule has 1 aromatic carbocycles. The molecule has 8 nitrogen and oxygen atoms in total. The van der Waals surface area contributed by atoms with Gasteiger partial charge in [-0.1, -0.05) is 6.58 Å². The van der Waals surface area contributed by atoms with E-state index >= 15 is 0 Å². The van der Waals surface area contributed by atoms with Gasteiger partial charge in [0, 0.05) is 11.6 Å². The Kier molecular flexibility index (Phi) is 6.05.